The van der Waals surface area contributed by atoms with E-state index in [4.69, 9.17) is 0 Å². The third-order valence-corrected chi connectivity index (χ3v) is 2.70. The number of aryl methyl sites for hydroxylation is 1. The largest absolute Gasteiger partial charge is 0.506 e. The van der Waals surface area contributed by atoms with Crippen molar-refractivity contribution in [3.05, 3.63) is 53.3 Å². The van der Waals surface area contributed by atoms with E-state index in [0.717, 1.165) is 5.56 Å². The first-order valence-electron chi connectivity index (χ1n) is 5.18. The van der Waals surface area contributed by atoms with Gasteiger partial charge in [-0.2, -0.15) is 0 Å². The molecule has 0 saturated carbocycles. The Morgan fingerprint density at radius 3 is 2.53 bits per heavy atom. The van der Waals surface area contributed by atoms with Gasteiger partial charge in [0.15, 0.2) is 6.29 Å². The molecular formula is C14H11FO2. The molecule has 17 heavy (non-hydrogen) atoms. The minimum atomic E-state index is -0.539. The van der Waals surface area contributed by atoms with Gasteiger partial charge >= 0.3 is 0 Å². The predicted octanol–water partition coefficient (Wildman–Crippen LogP) is 3.32. The van der Waals surface area contributed by atoms with Gasteiger partial charge < -0.3 is 5.11 Å². The molecule has 2 aromatic rings. The minimum absolute atomic E-state index is 0.0766. The monoisotopic (exact) mass is 230 g/mol. The van der Waals surface area contributed by atoms with Crippen LogP contribution in [0.1, 0.15) is 15.9 Å². The molecule has 0 fully saturated rings. The van der Waals surface area contributed by atoms with Crippen LogP contribution in [-0.2, 0) is 0 Å². The second-order valence-electron chi connectivity index (χ2n) is 3.79. The normalized spacial score (nSPS) is 10.2. The number of halogens is 1. The zero-order valence-electron chi connectivity index (χ0n) is 9.27. The number of hydrogen-bond donors (Lipinski definition) is 1. The average Bonchev–Trinajstić information content (AvgIpc) is 2.32. The second-order valence-corrected chi connectivity index (χ2v) is 3.79. The third-order valence-electron chi connectivity index (χ3n) is 2.70. The highest BCUT2D eigenvalue weighted by Gasteiger charge is 2.15. The molecule has 0 unspecified atom stereocenters. The van der Waals surface area contributed by atoms with Crippen LogP contribution < -0.4 is 0 Å². The van der Waals surface area contributed by atoms with Gasteiger partial charge in [0.2, 0.25) is 0 Å². The van der Waals surface area contributed by atoms with Crippen LogP contribution in [-0.4, -0.2) is 11.4 Å². The van der Waals surface area contributed by atoms with Gasteiger partial charge in [0, 0.05) is 0 Å². The summed E-state index contributed by atoms with van der Waals surface area (Å²) in [6.07, 6.45) is 0.510. The summed E-state index contributed by atoms with van der Waals surface area (Å²) in [4.78, 5) is 10.7. The van der Waals surface area contributed by atoms with Crippen LogP contribution in [0.3, 0.4) is 0 Å². The predicted molar refractivity (Wildman–Crippen MR) is 63.6 cm³/mol. The smallest absolute Gasteiger partial charge is 0.153 e. The molecule has 0 spiro atoms. The van der Waals surface area contributed by atoms with Gasteiger partial charge in [-0.3, -0.25) is 4.79 Å². The number of aldehydes is 1. The molecule has 0 atom stereocenters. The Balaban J connectivity index is 2.75. The van der Waals surface area contributed by atoms with Gasteiger partial charge in [0.25, 0.3) is 0 Å². The Kier molecular flexibility index (Phi) is 2.91. The van der Waals surface area contributed by atoms with E-state index in [9.17, 15) is 14.3 Å². The van der Waals surface area contributed by atoms with Gasteiger partial charge in [-0.1, -0.05) is 24.3 Å². The van der Waals surface area contributed by atoms with Crippen molar-refractivity contribution in [2.24, 2.45) is 0 Å². The van der Waals surface area contributed by atoms with Crippen molar-refractivity contribution in [3.63, 3.8) is 0 Å². The van der Waals surface area contributed by atoms with Crippen LogP contribution in [0, 0.1) is 12.7 Å². The van der Waals surface area contributed by atoms with Crippen molar-refractivity contribution in [1.29, 1.82) is 0 Å². The molecule has 3 heteroatoms. The van der Waals surface area contributed by atoms with Gasteiger partial charge in [0.05, 0.1) is 11.1 Å². The summed E-state index contributed by atoms with van der Waals surface area (Å²) in [5.74, 6) is -0.850. The molecule has 0 amide bonds. The number of aromatic hydroxyl groups is 1. The van der Waals surface area contributed by atoms with Crippen LogP contribution in [0.15, 0.2) is 36.4 Å². The summed E-state index contributed by atoms with van der Waals surface area (Å²) in [5.41, 5.74) is 1.59. The number of phenols is 1. The van der Waals surface area contributed by atoms with Gasteiger partial charge in [0.1, 0.15) is 11.6 Å². The summed E-state index contributed by atoms with van der Waals surface area (Å²) >= 11 is 0. The molecule has 0 saturated heterocycles. The van der Waals surface area contributed by atoms with Crippen molar-refractivity contribution in [3.8, 4) is 16.9 Å². The first-order chi connectivity index (χ1) is 8.15. The molecular weight excluding hydrogens is 219 g/mol. The average molecular weight is 230 g/mol. The molecule has 0 radical (unpaired) electrons. The van der Waals surface area contributed by atoms with Crippen molar-refractivity contribution in [2.75, 3.05) is 0 Å². The summed E-state index contributed by atoms with van der Waals surface area (Å²) in [6, 6.07) is 9.57. The van der Waals surface area contributed by atoms with Crippen molar-refractivity contribution in [2.45, 2.75) is 6.92 Å². The van der Waals surface area contributed by atoms with E-state index < -0.39 is 5.82 Å². The summed E-state index contributed by atoms with van der Waals surface area (Å²) in [7, 11) is 0. The molecule has 2 rings (SSSR count). The van der Waals surface area contributed by atoms with Gasteiger partial charge in [-0.15, -0.1) is 0 Å². The number of hydrogen-bond acceptors (Lipinski definition) is 2. The topological polar surface area (TPSA) is 37.3 Å². The summed E-state index contributed by atoms with van der Waals surface area (Å²) in [5, 5.41) is 9.88. The Bertz CT molecular complexity index is 576. The molecule has 0 aliphatic rings. The highest BCUT2D eigenvalue weighted by Crippen LogP contribution is 2.35. The summed E-state index contributed by atoms with van der Waals surface area (Å²) < 4.78 is 13.8. The van der Waals surface area contributed by atoms with E-state index in [1.165, 1.54) is 12.1 Å². The number of benzene rings is 2. The van der Waals surface area contributed by atoms with Crippen LogP contribution in [0.4, 0.5) is 4.39 Å². The highest BCUT2D eigenvalue weighted by molar-refractivity contribution is 5.86. The van der Waals surface area contributed by atoms with E-state index in [0.29, 0.717) is 11.8 Å². The van der Waals surface area contributed by atoms with Crippen molar-refractivity contribution < 1.29 is 14.3 Å². The third kappa shape index (κ3) is 1.91. The molecule has 0 aliphatic heterocycles. The standard InChI is InChI=1S/C14H11FO2/c1-9-4-2-3-5-11(9)13-12(15)7-6-10(8-16)14(13)17/h2-8,17H,1H3. The Morgan fingerprint density at radius 2 is 1.88 bits per heavy atom. The van der Waals surface area contributed by atoms with Crippen molar-refractivity contribution in [1.82, 2.24) is 0 Å². The maximum Gasteiger partial charge on any atom is 0.153 e. The number of carbonyl (C=O) groups excluding carboxylic acids is 1. The maximum absolute atomic E-state index is 13.8. The molecule has 2 aromatic carbocycles. The fourth-order valence-corrected chi connectivity index (χ4v) is 1.79. The fourth-order valence-electron chi connectivity index (χ4n) is 1.79. The molecule has 0 aromatic heterocycles. The molecule has 0 bridgehead atoms. The lowest BCUT2D eigenvalue weighted by atomic mass is 9.97. The zero-order valence-corrected chi connectivity index (χ0v) is 9.27. The first kappa shape index (κ1) is 11.3. The Morgan fingerprint density at radius 1 is 1.18 bits per heavy atom. The summed E-state index contributed by atoms with van der Waals surface area (Å²) in [6.45, 7) is 1.82. The quantitative estimate of drug-likeness (QED) is 0.803. The number of carbonyl (C=O) groups is 1. The molecule has 86 valence electrons. The van der Waals surface area contributed by atoms with Gasteiger partial charge in [-0.25, -0.2) is 4.39 Å². The van der Waals surface area contributed by atoms with E-state index in [2.05, 4.69) is 0 Å². The van der Waals surface area contributed by atoms with Crippen molar-refractivity contribution >= 4 is 6.29 Å². The van der Waals surface area contributed by atoms with Gasteiger partial charge in [-0.05, 0) is 30.2 Å². The number of rotatable bonds is 2. The maximum atomic E-state index is 13.8. The minimum Gasteiger partial charge on any atom is -0.506 e. The lowest BCUT2D eigenvalue weighted by molar-refractivity contribution is 0.112. The fraction of sp³-hybridized carbons (Fsp3) is 0.0714. The lowest BCUT2D eigenvalue weighted by Crippen LogP contribution is -1.92. The van der Waals surface area contributed by atoms with E-state index in [1.54, 1.807) is 12.1 Å². The zero-order chi connectivity index (χ0) is 12.4. The van der Waals surface area contributed by atoms with Crippen LogP contribution in [0.2, 0.25) is 0 Å². The molecule has 2 nitrogen and oxygen atoms in total. The van der Waals surface area contributed by atoms with E-state index in [-0.39, 0.29) is 16.9 Å². The highest BCUT2D eigenvalue weighted by atomic mass is 19.1. The Labute approximate surface area is 98.3 Å². The number of phenolic OH excluding ortho intramolecular Hbond substituents is 1. The van der Waals surface area contributed by atoms with E-state index in [1.807, 2.05) is 19.1 Å². The first-order valence-corrected chi connectivity index (χ1v) is 5.18. The molecule has 0 heterocycles. The molecule has 0 aliphatic carbocycles. The Hall–Kier alpha value is -2.16. The second kappa shape index (κ2) is 4.37. The molecule has 1 N–H and O–H groups in total. The van der Waals surface area contributed by atoms with Crippen LogP contribution >= 0.6 is 0 Å². The van der Waals surface area contributed by atoms with Crippen LogP contribution in [0.5, 0.6) is 5.75 Å². The SMILES string of the molecule is Cc1ccccc1-c1c(F)ccc(C=O)c1O. The lowest BCUT2D eigenvalue weighted by Gasteiger charge is -2.10. The van der Waals surface area contributed by atoms with E-state index >= 15 is 0 Å². The van der Waals surface area contributed by atoms with Crippen LogP contribution in [0.25, 0.3) is 11.1 Å².